The molecule has 72 valence electrons. The Balaban J connectivity index is 2.46. The summed E-state index contributed by atoms with van der Waals surface area (Å²) in [7, 11) is 1.54. The summed E-state index contributed by atoms with van der Waals surface area (Å²) in [6, 6.07) is 5.60. The Kier molecular flexibility index (Phi) is 2.10. The first-order valence-electron chi connectivity index (χ1n) is 4.21. The van der Waals surface area contributed by atoms with Gasteiger partial charge in [-0.25, -0.2) is 0 Å². The molecule has 0 amide bonds. The zero-order valence-corrected chi connectivity index (χ0v) is 7.70. The molecule has 2 aromatic rings. The summed E-state index contributed by atoms with van der Waals surface area (Å²) in [6.45, 7) is 0. The second-order valence-corrected chi connectivity index (χ2v) is 2.87. The number of nitrogens with one attached hydrogen (secondary N) is 2. The lowest BCUT2D eigenvalue weighted by molar-refractivity contribution is 0.111. The van der Waals surface area contributed by atoms with Gasteiger partial charge in [0.25, 0.3) is 0 Å². The molecule has 0 spiro atoms. The molecule has 14 heavy (non-hydrogen) atoms. The van der Waals surface area contributed by atoms with Crippen molar-refractivity contribution in [2.24, 2.45) is 0 Å². The number of H-pyrrole nitrogens is 2. The fourth-order valence-corrected chi connectivity index (χ4v) is 1.35. The lowest BCUT2D eigenvalue weighted by atomic mass is 10.3. The normalized spacial score (nSPS) is 10.1. The molecule has 0 radical (unpaired) electrons. The minimum atomic E-state index is 0.456. The molecule has 0 aliphatic rings. The van der Waals surface area contributed by atoms with Gasteiger partial charge in [-0.15, -0.1) is 0 Å². The molecule has 2 N–H and O–H groups in total. The Labute approximate surface area is 80.9 Å². The number of carbonyl (C=O) groups is 1. The molecular formula is C10H10N2O2. The first kappa shape index (κ1) is 8.62. The molecule has 4 nitrogen and oxygen atoms in total. The van der Waals surface area contributed by atoms with E-state index in [4.69, 9.17) is 4.74 Å². The number of methoxy groups -OCH3 is 1. The molecule has 0 saturated carbocycles. The first-order valence-corrected chi connectivity index (χ1v) is 4.21. The topological polar surface area (TPSA) is 57.9 Å². The zero-order valence-electron chi connectivity index (χ0n) is 7.70. The van der Waals surface area contributed by atoms with Crippen LogP contribution in [0.4, 0.5) is 0 Å². The van der Waals surface area contributed by atoms with Crippen LogP contribution in [-0.4, -0.2) is 23.4 Å². The van der Waals surface area contributed by atoms with Gasteiger partial charge in [-0.3, -0.25) is 4.79 Å². The van der Waals surface area contributed by atoms with E-state index in [1.807, 2.05) is 18.3 Å². The van der Waals surface area contributed by atoms with Crippen molar-refractivity contribution in [1.29, 1.82) is 0 Å². The first-order chi connectivity index (χ1) is 6.85. The van der Waals surface area contributed by atoms with Crippen molar-refractivity contribution in [2.75, 3.05) is 7.11 Å². The molecule has 0 aliphatic carbocycles. The van der Waals surface area contributed by atoms with Gasteiger partial charge in [-0.1, -0.05) is 0 Å². The minimum Gasteiger partial charge on any atom is -0.494 e. The predicted octanol–water partition coefficient (Wildman–Crippen LogP) is 1.83. The van der Waals surface area contributed by atoms with E-state index in [0.29, 0.717) is 11.4 Å². The van der Waals surface area contributed by atoms with Crippen molar-refractivity contribution < 1.29 is 9.53 Å². The third-order valence-electron chi connectivity index (χ3n) is 2.04. The maximum Gasteiger partial charge on any atom is 0.170 e. The Hall–Kier alpha value is -1.97. The van der Waals surface area contributed by atoms with Crippen LogP contribution in [0.5, 0.6) is 5.75 Å². The van der Waals surface area contributed by atoms with Gasteiger partial charge >= 0.3 is 0 Å². The molecule has 4 heteroatoms. The monoisotopic (exact) mass is 190 g/mol. The number of hydrogen-bond acceptors (Lipinski definition) is 2. The molecule has 0 aliphatic heterocycles. The summed E-state index contributed by atoms with van der Waals surface area (Å²) >= 11 is 0. The molecule has 0 aromatic carbocycles. The van der Waals surface area contributed by atoms with Crippen LogP contribution >= 0.6 is 0 Å². The van der Waals surface area contributed by atoms with Gasteiger partial charge in [0.15, 0.2) is 6.29 Å². The van der Waals surface area contributed by atoms with Crippen molar-refractivity contribution in [3.05, 3.63) is 30.1 Å². The highest BCUT2D eigenvalue weighted by molar-refractivity contribution is 5.79. The van der Waals surface area contributed by atoms with Gasteiger partial charge in [0.05, 0.1) is 18.5 Å². The fourth-order valence-electron chi connectivity index (χ4n) is 1.35. The van der Waals surface area contributed by atoms with E-state index < -0.39 is 0 Å². The van der Waals surface area contributed by atoms with Gasteiger partial charge in [-0.05, 0) is 12.1 Å². The molecule has 2 rings (SSSR count). The standard InChI is InChI=1S/C10H10N2O2/c1-14-10-5-8(12-9(10)6-13)7-3-2-4-11-7/h2-6,11-12H,1H3. The van der Waals surface area contributed by atoms with E-state index in [9.17, 15) is 4.79 Å². The maximum absolute atomic E-state index is 10.6. The Morgan fingerprint density at radius 1 is 1.43 bits per heavy atom. The molecule has 0 unspecified atom stereocenters. The number of ether oxygens (including phenoxy) is 1. The van der Waals surface area contributed by atoms with Crippen LogP contribution in [-0.2, 0) is 0 Å². The summed E-state index contributed by atoms with van der Waals surface area (Å²) in [4.78, 5) is 16.6. The summed E-state index contributed by atoms with van der Waals surface area (Å²) in [5.41, 5.74) is 2.22. The lowest BCUT2D eigenvalue weighted by Crippen LogP contribution is -1.86. The number of aldehydes is 1. The minimum absolute atomic E-state index is 0.456. The number of carbonyl (C=O) groups excluding carboxylic acids is 1. The number of hydrogen-bond donors (Lipinski definition) is 2. The molecular weight excluding hydrogens is 180 g/mol. The van der Waals surface area contributed by atoms with Crippen LogP contribution in [0.2, 0.25) is 0 Å². The highest BCUT2D eigenvalue weighted by Crippen LogP contribution is 2.24. The molecule has 0 atom stereocenters. The summed E-state index contributed by atoms with van der Waals surface area (Å²) in [6.07, 6.45) is 2.56. The largest absolute Gasteiger partial charge is 0.494 e. The molecule has 2 aromatic heterocycles. The molecule has 0 fully saturated rings. The van der Waals surface area contributed by atoms with E-state index in [0.717, 1.165) is 17.7 Å². The summed E-state index contributed by atoms with van der Waals surface area (Å²) in [5, 5.41) is 0. The SMILES string of the molecule is COc1cc(-c2ccc[nH]2)[nH]c1C=O. The van der Waals surface area contributed by atoms with E-state index >= 15 is 0 Å². The Bertz CT molecular complexity index is 429. The third-order valence-corrected chi connectivity index (χ3v) is 2.04. The fraction of sp³-hybridized carbons (Fsp3) is 0.100. The van der Waals surface area contributed by atoms with Crippen LogP contribution in [0, 0.1) is 0 Å². The summed E-state index contributed by atoms with van der Waals surface area (Å²) < 4.78 is 5.04. The second-order valence-electron chi connectivity index (χ2n) is 2.87. The highest BCUT2D eigenvalue weighted by Gasteiger charge is 2.08. The maximum atomic E-state index is 10.6. The number of aromatic nitrogens is 2. The van der Waals surface area contributed by atoms with E-state index in [1.54, 1.807) is 6.07 Å². The zero-order chi connectivity index (χ0) is 9.97. The van der Waals surface area contributed by atoms with Crippen LogP contribution < -0.4 is 4.74 Å². The van der Waals surface area contributed by atoms with E-state index in [-0.39, 0.29) is 0 Å². The van der Waals surface area contributed by atoms with E-state index in [1.165, 1.54) is 7.11 Å². The van der Waals surface area contributed by atoms with Crippen LogP contribution in [0.15, 0.2) is 24.4 Å². The van der Waals surface area contributed by atoms with Crippen molar-refractivity contribution >= 4 is 6.29 Å². The number of rotatable bonds is 3. The predicted molar refractivity (Wildman–Crippen MR) is 52.5 cm³/mol. The van der Waals surface area contributed by atoms with Crippen LogP contribution in [0.25, 0.3) is 11.4 Å². The van der Waals surface area contributed by atoms with Gasteiger partial charge in [0, 0.05) is 12.3 Å². The van der Waals surface area contributed by atoms with Crippen molar-refractivity contribution in [3.8, 4) is 17.1 Å². The van der Waals surface area contributed by atoms with Gasteiger partial charge in [0.1, 0.15) is 11.4 Å². The second kappa shape index (κ2) is 3.41. The third kappa shape index (κ3) is 1.31. The van der Waals surface area contributed by atoms with Gasteiger partial charge in [-0.2, -0.15) is 0 Å². The van der Waals surface area contributed by atoms with Crippen molar-refractivity contribution in [3.63, 3.8) is 0 Å². The van der Waals surface area contributed by atoms with Crippen molar-refractivity contribution in [1.82, 2.24) is 9.97 Å². The van der Waals surface area contributed by atoms with Crippen LogP contribution in [0.3, 0.4) is 0 Å². The molecule has 0 bridgehead atoms. The van der Waals surface area contributed by atoms with Crippen LogP contribution in [0.1, 0.15) is 10.5 Å². The molecule has 0 saturated heterocycles. The smallest absolute Gasteiger partial charge is 0.170 e. The average molecular weight is 190 g/mol. The average Bonchev–Trinajstić information content (AvgIpc) is 2.85. The Morgan fingerprint density at radius 2 is 2.29 bits per heavy atom. The number of aromatic amines is 2. The summed E-state index contributed by atoms with van der Waals surface area (Å²) in [5.74, 6) is 0.560. The van der Waals surface area contributed by atoms with Gasteiger partial charge < -0.3 is 14.7 Å². The van der Waals surface area contributed by atoms with Crippen molar-refractivity contribution in [2.45, 2.75) is 0 Å². The highest BCUT2D eigenvalue weighted by atomic mass is 16.5. The Morgan fingerprint density at radius 3 is 2.79 bits per heavy atom. The van der Waals surface area contributed by atoms with Gasteiger partial charge in [0.2, 0.25) is 0 Å². The lowest BCUT2D eigenvalue weighted by Gasteiger charge is -1.92. The molecule has 2 heterocycles. The van der Waals surface area contributed by atoms with E-state index in [2.05, 4.69) is 9.97 Å². The quantitative estimate of drug-likeness (QED) is 0.725.